The van der Waals surface area contributed by atoms with E-state index in [0.29, 0.717) is 36.4 Å². The first-order valence-electron chi connectivity index (χ1n) is 11.6. The normalized spacial score (nSPS) is 14.0. The number of ether oxygens (including phenoxy) is 2. The van der Waals surface area contributed by atoms with Gasteiger partial charge in [0, 0.05) is 30.2 Å². The van der Waals surface area contributed by atoms with Gasteiger partial charge in [-0.1, -0.05) is 24.3 Å². The maximum absolute atomic E-state index is 12.8. The van der Waals surface area contributed by atoms with Crippen molar-refractivity contribution in [2.24, 2.45) is 0 Å². The van der Waals surface area contributed by atoms with Crippen LogP contribution in [0.5, 0.6) is 5.75 Å². The number of carbonyl (C=O) groups is 1. The SMILES string of the molecule is CCOc1ccc2[nH]cc(C(=O)NCc3ccc(COCCN4CCCC4)cc3)c(=O)c2c1. The van der Waals surface area contributed by atoms with Crippen molar-refractivity contribution in [1.82, 2.24) is 15.2 Å². The summed E-state index contributed by atoms with van der Waals surface area (Å²) < 4.78 is 11.3. The van der Waals surface area contributed by atoms with Crippen molar-refractivity contribution in [1.29, 1.82) is 0 Å². The average molecular weight is 450 g/mol. The van der Waals surface area contributed by atoms with Gasteiger partial charge in [-0.2, -0.15) is 0 Å². The molecule has 33 heavy (non-hydrogen) atoms. The number of nitrogens with zero attached hydrogens (tertiary/aromatic N) is 1. The summed E-state index contributed by atoms with van der Waals surface area (Å²) in [7, 11) is 0. The predicted molar refractivity (Wildman–Crippen MR) is 129 cm³/mol. The smallest absolute Gasteiger partial charge is 0.257 e. The van der Waals surface area contributed by atoms with Gasteiger partial charge in [0.15, 0.2) is 0 Å². The van der Waals surface area contributed by atoms with Gasteiger partial charge in [0.25, 0.3) is 5.91 Å². The van der Waals surface area contributed by atoms with Crippen LogP contribution < -0.4 is 15.5 Å². The third kappa shape index (κ3) is 6.00. The lowest BCUT2D eigenvalue weighted by Gasteiger charge is -2.14. The lowest BCUT2D eigenvalue weighted by atomic mass is 10.1. The third-order valence-corrected chi connectivity index (χ3v) is 5.90. The van der Waals surface area contributed by atoms with E-state index in [1.165, 1.54) is 32.1 Å². The molecule has 1 amide bonds. The van der Waals surface area contributed by atoms with Crippen LogP contribution >= 0.6 is 0 Å². The van der Waals surface area contributed by atoms with E-state index in [4.69, 9.17) is 9.47 Å². The molecule has 2 N–H and O–H groups in total. The van der Waals surface area contributed by atoms with Crippen LogP contribution in [0.1, 0.15) is 41.3 Å². The fourth-order valence-electron chi connectivity index (χ4n) is 4.04. The van der Waals surface area contributed by atoms with E-state index in [9.17, 15) is 9.59 Å². The summed E-state index contributed by atoms with van der Waals surface area (Å²) in [5.74, 6) is 0.197. The number of benzene rings is 2. The Hall–Kier alpha value is -3.16. The van der Waals surface area contributed by atoms with E-state index in [0.717, 1.165) is 24.3 Å². The molecule has 1 fully saturated rings. The lowest BCUT2D eigenvalue weighted by molar-refractivity contribution is 0.0949. The topological polar surface area (TPSA) is 83.7 Å². The van der Waals surface area contributed by atoms with Crippen molar-refractivity contribution < 1.29 is 14.3 Å². The number of aromatic amines is 1. The second kappa shape index (κ2) is 11.1. The van der Waals surface area contributed by atoms with Crippen molar-refractivity contribution in [3.8, 4) is 5.75 Å². The molecule has 7 heteroatoms. The van der Waals surface area contributed by atoms with Gasteiger partial charge in [0.1, 0.15) is 11.3 Å². The standard InChI is InChI=1S/C26H31N3O4/c1-2-33-21-9-10-24-22(15-21)25(30)23(17-27-24)26(31)28-16-19-5-7-20(8-6-19)18-32-14-13-29-11-3-4-12-29/h5-10,15,17H,2-4,11-14,16,18H2,1H3,(H,27,30)(H,28,31). The molecule has 0 radical (unpaired) electrons. The number of likely N-dealkylation sites (tertiary alicyclic amines) is 1. The van der Waals surface area contributed by atoms with Crippen molar-refractivity contribution in [3.05, 3.63) is 75.6 Å². The van der Waals surface area contributed by atoms with E-state index >= 15 is 0 Å². The van der Waals surface area contributed by atoms with Crippen LogP contribution in [0.3, 0.4) is 0 Å². The minimum absolute atomic E-state index is 0.0826. The van der Waals surface area contributed by atoms with Crippen molar-refractivity contribution in [2.75, 3.05) is 32.8 Å². The molecule has 0 atom stereocenters. The Kier molecular flexibility index (Phi) is 7.75. The molecule has 1 aliphatic heterocycles. The second-order valence-electron chi connectivity index (χ2n) is 8.27. The fourth-order valence-corrected chi connectivity index (χ4v) is 4.04. The molecule has 2 aromatic carbocycles. The number of nitrogens with one attached hydrogen (secondary N) is 2. The summed E-state index contributed by atoms with van der Waals surface area (Å²) in [4.78, 5) is 31.0. The highest BCUT2D eigenvalue weighted by molar-refractivity contribution is 5.97. The molecule has 174 valence electrons. The van der Waals surface area contributed by atoms with E-state index < -0.39 is 5.91 Å². The van der Waals surface area contributed by atoms with E-state index in [-0.39, 0.29) is 11.0 Å². The van der Waals surface area contributed by atoms with Gasteiger partial charge in [-0.3, -0.25) is 9.59 Å². The molecule has 1 aromatic heterocycles. The summed E-state index contributed by atoms with van der Waals surface area (Å²) in [6.07, 6.45) is 4.05. The second-order valence-corrected chi connectivity index (χ2v) is 8.27. The summed E-state index contributed by atoms with van der Waals surface area (Å²) in [6.45, 7) is 7.41. The molecular weight excluding hydrogens is 418 g/mol. The van der Waals surface area contributed by atoms with Crippen LogP contribution in [0.2, 0.25) is 0 Å². The highest BCUT2D eigenvalue weighted by atomic mass is 16.5. The first-order chi connectivity index (χ1) is 16.1. The van der Waals surface area contributed by atoms with Gasteiger partial charge in [-0.25, -0.2) is 0 Å². The van der Waals surface area contributed by atoms with Crippen LogP contribution in [-0.4, -0.2) is 48.6 Å². The maximum atomic E-state index is 12.8. The van der Waals surface area contributed by atoms with E-state index in [1.807, 2.05) is 31.2 Å². The zero-order chi connectivity index (χ0) is 23.0. The number of carbonyl (C=O) groups excluding carboxylic acids is 1. The molecule has 1 saturated heterocycles. The number of aromatic nitrogens is 1. The highest BCUT2D eigenvalue weighted by Crippen LogP contribution is 2.17. The Balaban J connectivity index is 1.30. The monoisotopic (exact) mass is 449 g/mol. The fraction of sp³-hybridized carbons (Fsp3) is 0.385. The Morgan fingerprint density at radius 1 is 1.09 bits per heavy atom. The number of fused-ring (bicyclic) bond motifs is 1. The third-order valence-electron chi connectivity index (χ3n) is 5.90. The molecule has 0 unspecified atom stereocenters. The van der Waals surface area contributed by atoms with Gasteiger partial charge >= 0.3 is 0 Å². The number of H-pyrrole nitrogens is 1. The molecular formula is C26H31N3O4. The van der Waals surface area contributed by atoms with Crippen LogP contribution in [0.15, 0.2) is 53.5 Å². The van der Waals surface area contributed by atoms with Gasteiger partial charge in [-0.05, 0) is 62.2 Å². The van der Waals surface area contributed by atoms with Gasteiger partial charge in [0.2, 0.25) is 5.43 Å². The van der Waals surface area contributed by atoms with Crippen molar-refractivity contribution in [3.63, 3.8) is 0 Å². The number of hydrogen-bond acceptors (Lipinski definition) is 5. The minimum Gasteiger partial charge on any atom is -0.494 e. The number of rotatable bonds is 10. The summed E-state index contributed by atoms with van der Waals surface area (Å²) in [5, 5.41) is 3.27. The minimum atomic E-state index is -0.408. The summed E-state index contributed by atoms with van der Waals surface area (Å²) in [5.41, 5.74) is 2.49. The Labute approximate surface area is 193 Å². The molecule has 0 aliphatic carbocycles. The van der Waals surface area contributed by atoms with Crippen LogP contribution in [-0.2, 0) is 17.9 Å². The molecule has 0 bridgehead atoms. The molecule has 7 nitrogen and oxygen atoms in total. The average Bonchev–Trinajstić information content (AvgIpc) is 3.35. The zero-order valence-electron chi connectivity index (χ0n) is 19.1. The van der Waals surface area contributed by atoms with E-state index in [2.05, 4.69) is 15.2 Å². The van der Waals surface area contributed by atoms with E-state index in [1.54, 1.807) is 18.2 Å². The maximum Gasteiger partial charge on any atom is 0.257 e. The molecule has 1 aliphatic rings. The van der Waals surface area contributed by atoms with Gasteiger partial charge in [-0.15, -0.1) is 0 Å². The first-order valence-corrected chi connectivity index (χ1v) is 11.6. The van der Waals surface area contributed by atoms with Crippen LogP contribution in [0, 0.1) is 0 Å². The molecule has 0 spiro atoms. The quantitative estimate of drug-likeness (QED) is 0.463. The highest BCUT2D eigenvalue weighted by Gasteiger charge is 2.14. The predicted octanol–water partition coefficient (Wildman–Crippen LogP) is 3.47. The lowest BCUT2D eigenvalue weighted by Crippen LogP contribution is -2.28. The number of amides is 1. The molecule has 2 heterocycles. The van der Waals surface area contributed by atoms with Crippen molar-refractivity contribution in [2.45, 2.75) is 32.9 Å². The van der Waals surface area contributed by atoms with Gasteiger partial charge in [0.05, 0.1) is 19.8 Å². The summed E-state index contributed by atoms with van der Waals surface area (Å²) in [6, 6.07) is 13.2. The molecule has 0 saturated carbocycles. The number of hydrogen-bond donors (Lipinski definition) is 2. The Bertz CT molecular complexity index is 1130. The van der Waals surface area contributed by atoms with Crippen LogP contribution in [0.25, 0.3) is 10.9 Å². The first kappa shape index (κ1) is 23.0. The summed E-state index contributed by atoms with van der Waals surface area (Å²) >= 11 is 0. The Morgan fingerprint density at radius 3 is 2.61 bits per heavy atom. The van der Waals surface area contributed by atoms with Gasteiger partial charge < -0.3 is 24.7 Å². The molecule has 4 rings (SSSR count). The largest absolute Gasteiger partial charge is 0.494 e. The zero-order valence-corrected chi connectivity index (χ0v) is 19.1. The number of pyridine rings is 1. The Morgan fingerprint density at radius 2 is 1.85 bits per heavy atom. The molecule has 3 aromatic rings. The van der Waals surface area contributed by atoms with Crippen molar-refractivity contribution >= 4 is 16.8 Å². The van der Waals surface area contributed by atoms with Crippen LogP contribution in [0.4, 0.5) is 0 Å².